The molecule has 0 aliphatic heterocycles. The fourth-order valence-corrected chi connectivity index (χ4v) is 2.93. The van der Waals surface area contributed by atoms with E-state index in [4.69, 9.17) is 10.3 Å². The lowest BCUT2D eigenvalue weighted by Gasteiger charge is -2.06. The minimum absolute atomic E-state index is 0.220. The fraction of sp³-hybridized carbons (Fsp3) is 0. The summed E-state index contributed by atoms with van der Waals surface area (Å²) in [5, 5.41) is 4.01. The van der Waals surface area contributed by atoms with Gasteiger partial charge in [-0.05, 0) is 40.2 Å². The third-order valence-corrected chi connectivity index (χ3v) is 4.35. The van der Waals surface area contributed by atoms with Gasteiger partial charge in [-0.25, -0.2) is 4.39 Å². The summed E-state index contributed by atoms with van der Waals surface area (Å²) in [5.41, 5.74) is 8.75. The third-order valence-electron chi connectivity index (χ3n) is 3.05. The molecular weight excluding hydrogens is 403 g/mol. The van der Waals surface area contributed by atoms with Crippen LogP contribution >= 0.6 is 31.9 Å². The molecule has 0 aliphatic carbocycles. The van der Waals surface area contributed by atoms with Crippen molar-refractivity contribution >= 4 is 37.7 Å². The average Bonchev–Trinajstić information content (AvgIpc) is 2.84. The lowest BCUT2D eigenvalue weighted by atomic mass is 10.0. The van der Waals surface area contributed by atoms with Gasteiger partial charge in [0.15, 0.2) is 0 Å². The predicted octanol–water partition coefficient (Wildman–Crippen LogP) is 5.25. The molecule has 0 radical (unpaired) electrons. The first-order valence-corrected chi connectivity index (χ1v) is 7.62. The number of anilines is 1. The van der Waals surface area contributed by atoms with Gasteiger partial charge in [0.05, 0.1) is 10.0 Å². The second kappa shape index (κ2) is 5.61. The number of nitrogens with two attached hydrogens (primary N) is 1. The molecule has 0 fully saturated rings. The molecule has 0 aliphatic rings. The number of aromatic nitrogens is 1. The summed E-state index contributed by atoms with van der Waals surface area (Å²) >= 11 is 6.66. The summed E-state index contributed by atoms with van der Waals surface area (Å²) in [4.78, 5) is 0. The summed E-state index contributed by atoms with van der Waals surface area (Å²) in [6, 6.07) is 12.3. The van der Waals surface area contributed by atoms with E-state index < -0.39 is 0 Å². The third kappa shape index (κ3) is 2.61. The maximum atomic E-state index is 13.4. The van der Waals surface area contributed by atoms with E-state index in [1.54, 1.807) is 12.1 Å². The van der Waals surface area contributed by atoms with Crippen LogP contribution in [0, 0.1) is 5.82 Å². The SMILES string of the molecule is Nc1onc(-c2ccc(F)c(Br)c2)c1-c1ccccc1Br. The van der Waals surface area contributed by atoms with E-state index in [0.717, 1.165) is 15.6 Å². The van der Waals surface area contributed by atoms with E-state index in [-0.39, 0.29) is 11.7 Å². The van der Waals surface area contributed by atoms with Crippen molar-refractivity contribution in [2.24, 2.45) is 0 Å². The molecular formula is C15H9Br2FN2O. The highest BCUT2D eigenvalue weighted by Gasteiger charge is 2.19. The first kappa shape index (κ1) is 14.3. The van der Waals surface area contributed by atoms with E-state index in [0.29, 0.717) is 15.7 Å². The number of halogens is 3. The van der Waals surface area contributed by atoms with Gasteiger partial charge in [-0.2, -0.15) is 0 Å². The van der Waals surface area contributed by atoms with Gasteiger partial charge in [0.25, 0.3) is 0 Å². The second-order valence-corrected chi connectivity index (χ2v) is 6.09. The Kier molecular flexibility index (Phi) is 3.82. The zero-order valence-electron chi connectivity index (χ0n) is 10.6. The lowest BCUT2D eigenvalue weighted by molar-refractivity contribution is 0.439. The number of rotatable bonds is 2. The Hall–Kier alpha value is -1.66. The Morgan fingerprint density at radius 1 is 1.05 bits per heavy atom. The van der Waals surface area contributed by atoms with E-state index >= 15 is 0 Å². The quantitative estimate of drug-likeness (QED) is 0.626. The van der Waals surface area contributed by atoms with Crippen LogP contribution in [0.25, 0.3) is 22.4 Å². The first-order valence-electron chi connectivity index (χ1n) is 6.03. The van der Waals surface area contributed by atoms with E-state index in [1.807, 2.05) is 24.3 Å². The highest BCUT2D eigenvalue weighted by atomic mass is 79.9. The Bertz CT molecular complexity index is 817. The maximum Gasteiger partial charge on any atom is 0.230 e. The van der Waals surface area contributed by atoms with Gasteiger partial charge in [0, 0.05) is 15.6 Å². The highest BCUT2D eigenvalue weighted by Crippen LogP contribution is 2.40. The molecule has 0 atom stereocenters. The van der Waals surface area contributed by atoms with Crippen molar-refractivity contribution < 1.29 is 8.91 Å². The van der Waals surface area contributed by atoms with Crippen LogP contribution in [-0.4, -0.2) is 5.16 Å². The number of nitrogen functional groups attached to an aromatic ring is 1. The molecule has 0 amide bonds. The molecule has 0 saturated carbocycles. The summed E-state index contributed by atoms with van der Waals surface area (Å²) in [6.07, 6.45) is 0. The number of hydrogen-bond donors (Lipinski definition) is 1. The van der Waals surface area contributed by atoms with Crippen LogP contribution in [0.15, 0.2) is 55.9 Å². The summed E-state index contributed by atoms with van der Waals surface area (Å²) < 4.78 is 19.7. The van der Waals surface area contributed by atoms with Crippen LogP contribution in [0.4, 0.5) is 10.3 Å². The van der Waals surface area contributed by atoms with Crippen molar-refractivity contribution in [1.29, 1.82) is 0 Å². The van der Waals surface area contributed by atoms with E-state index in [2.05, 4.69) is 37.0 Å². The molecule has 2 aromatic carbocycles. The van der Waals surface area contributed by atoms with Crippen LogP contribution in [-0.2, 0) is 0 Å². The first-order chi connectivity index (χ1) is 10.1. The van der Waals surface area contributed by atoms with Gasteiger partial charge < -0.3 is 10.3 Å². The van der Waals surface area contributed by atoms with Crippen molar-refractivity contribution in [2.75, 3.05) is 5.73 Å². The molecule has 6 heteroatoms. The lowest BCUT2D eigenvalue weighted by Crippen LogP contribution is -1.89. The number of hydrogen-bond acceptors (Lipinski definition) is 3. The standard InChI is InChI=1S/C15H9Br2FN2O/c16-10-4-2-1-3-9(10)13-14(20-21-15(13)19)8-5-6-12(18)11(17)7-8/h1-7H,19H2. The van der Waals surface area contributed by atoms with Crippen molar-refractivity contribution in [2.45, 2.75) is 0 Å². The smallest absolute Gasteiger partial charge is 0.230 e. The van der Waals surface area contributed by atoms with Crippen molar-refractivity contribution in [1.82, 2.24) is 5.16 Å². The number of nitrogens with zero attached hydrogens (tertiary/aromatic N) is 1. The van der Waals surface area contributed by atoms with Gasteiger partial charge >= 0.3 is 0 Å². The molecule has 0 saturated heterocycles. The Balaban J connectivity index is 2.22. The molecule has 2 N–H and O–H groups in total. The normalized spacial score (nSPS) is 10.8. The molecule has 106 valence electrons. The molecule has 3 aromatic rings. The van der Waals surface area contributed by atoms with Crippen LogP contribution in [0.1, 0.15) is 0 Å². The molecule has 21 heavy (non-hydrogen) atoms. The average molecular weight is 412 g/mol. The van der Waals surface area contributed by atoms with Crippen LogP contribution in [0.2, 0.25) is 0 Å². The van der Waals surface area contributed by atoms with Crippen LogP contribution in [0.3, 0.4) is 0 Å². The van der Waals surface area contributed by atoms with E-state index in [1.165, 1.54) is 6.07 Å². The largest absolute Gasteiger partial charge is 0.367 e. The van der Waals surface area contributed by atoms with E-state index in [9.17, 15) is 4.39 Å². The second-order valence-electron chi connectivity index (χ2n) is 4.38. The van der Waals surface area contributed by atoms with Crippen LogP contribution in [0.5, 0.6) is 0 Å². The van der Waals surface area contributed by atoms with Gasteiger partial charge in [0.2, 0.25) is 5.88 Å². The predicted molar refractivity (Wildman–Crippen MR) is 87.1 cm³/mol. The summed E-state index contributed by atoms with van der Waals surface area (Å²) in [6.45, 7) is 0. The van der Waals surface area contributed by atoms with Crippen molar-refractivity contribution in [3.05, 3.63) is 57.2 Å². The Morgan fingerprint density at radius 2 is 1.81 bits per heavy atom. The van der Waals surface area contributed by atoms with Gasteiger partial charge in [0.1, 0.15) is 11.5 Å². The minimum atomic E-state index is -0.336. The summed E-state index contributed by atoms with van der Waals surface area (Å²) in [5.74, 6) is -0.116. The Labute approximate surface area is 137 Å². The monoisotopic (exact) mass is 410 g/mol. The fourth-order valence-electron chi connectivity index (χ4n) is 2.07. The van der Waals surface area contributed by atoms with Crippen molar-refractivity contribution in [3.8, 4) is 22.4 Å². The van der Waals surface area contributed by atoms with Crippen LogP contribution < -0.4 is 5.73 Å². The molecule has 3 rings (SSSR count). The zero-order chi connectivity index (χ0) is 15.0. The molecule has 1 heterocycles. The maximum absolute atomic E-state index is 13.4. The highest BCUT2D eigenvalue weighted by molar-refractivity contribution is 9.10. The molecule has 0 bridgehead atoms. The number of benzene rings is 2. The molecule has 1 aromatic heterocycles. The van der Waals surface area contributed by atoms with Gasteiger partial charge in [-0.1, -0.05) is 39.3 Å². The summed E-state index contributed by atoms with van der Waals surface area (Å²) in [7, 11) is 0. The molecule has 0 spiro atoms. The minimum Gasteiger partial charge on any atom is -0.367 e. The Morgan fingerprint density at radius 3 is 2.52 bits per heavy atom. The zero-order valence-corrected chi connectivity index (χ0v) is 13.8. The topological polar surface area (TPSA) is 52.0 Å². The van der Waals surface area contributed by atoms with Crippen molar-refractivity contribution in [3.63, 3.8) is 0 Å². The molecule has 3 nitrogen and oxygen atoms in total. The molecule has 0 unspecified atom stereocenters. The van der Waals surface area contributed by atoms with Gasteiger partial charge in [-0.3, -0.25) is 0 Å². The van der Waals surface area contributed by atoms with Gasteiger partial charge in [-0.15, -0.1) is 0 Å².